The first-order valence-corrected chi connectivity index (χ1v) is 4.91. The van der Waals surface area contributed by atoms with Crippen LogP contribution in [0.2, 0.25) is 5.02 Å². The summed E-state index contributed by atoms with van der Waals surface area (Å²) < 4.78 is 10.6. The molecule has 0 fully saturated rings. The zero-order valence-electron chi connectivity index (χ0n) is 8.34. The summed E-state index contributed by atoms with van der Waals surface area (Å²) >= 11 is 5.92. The molecule has 0 unspecified atom stereocenters. The second-order valence-electron chi connectivity index (χ2n) is 2.69. The number of nitrogens with two attached hydrogens (primary N) is 1. The van der Waals surface area contributed by atoms with Crippen molar-refractivity contribution in [1.82, 2.24) is 0 Å². The average Bonchev–Trinajstić information content (AvgIpc) is 2.14. The number of hydrogen-bond acceptors (Lipinski definition) is 3. The van der Waals surface area contributed by atoms with Crippen LogP contribution >= 0.6 is 11.6 Å². The molecule has 0 amide bonds. The Balaban J connectivity index is 3.00. The molecule has 4 heteroatoms. The van der Waals surface area contributed by atoms with Crippen molar-refractivity contribution >= 4 is 17.3 Å². The monoisotopic (exact) mass is 215 g/mol. The van der Waals surface area contributed by atoms with Crippen LogP contribution in [-0.2, 0) is 0 Å². The SMILES string of the molecule is CCOc1cc(OCC)c(Cl)cc1N. The maximum absolute atomic E-state index is 5.92. The van der Waals surface area contributed by atoms with Gasteiger partial charge in [0, 0.05) is 6.07 Å². The molecule has 1 rings (SSSR count). The summed E-state index contributed by atoms with van der Waals surface area (Å²) in [5.41, 5.74) is 6.24. The highest BCUT2D eigenvalue weighted by atomic mass is 35.5. The van der Waals surface area contributed by atoms with Crippen LogP contribution in [0.1, 0.15) is 13.8 Å². The predicted molar refractivity (Wildman–Crippen MR) is 58.2 cm³/mol. The third-order valence-corrected chi connectivity index (χ3v) is 1.96. The van der Waals surface area contributed by atoms with Gasteiger partial charge in [0.1, 0.15) is 11.5 Å². The lowest BCUT2D eigenvalue weighted by Gasteiger charge is -2.11. The van der Waals surface area contributed by atoms with Gasteiger partial charge < -0.3 is 15.2 Å². The third-order valence-electron chi connectivity index (χ3n) is 1.66. The second-order valence-corrected chi connectivity index (χ2v) is 3.09. The van der Waals surface area contributed by atoms with Gasteiger partial charge in [-0.05, 0) is 19.9 Å². The van der Waals surface area contributed by atoms with E-state index in [4.69, 9.17) is 26.8 Å². The number of hydrogen-bond donors (Lipinski definition) is 1. The highest BCUT2D eigenvalue weighted by molar-refractivity contribution is 6.32. The van der Waals surface area contributed by atoms with Crippen molar-refractivity contribution in [3.63, 3.8) is 0 Å². The normalized spacial score (nSPS) is 9.93. The largest absolute Gasteiger partial charge is 0.492 e. The average molecular weight is 216 g/mol. The molecule has 0 aliphatic rings. The maximum atomic E-state index is 5.92. The minimum Gasteiger partial charge on any atom is -0.492 e. The van der Waals surface area contributed by atoms with Crippen LogP contribution in [0.25, 0.3) is 0 Å². The number of ether oxygens (including phenoxy) is 2. The molecule has 1 aromatic rings. The van der Waals surface area contributed by atoms with Crippen molar-refractivity contribution in [2.45, 2.75) is 13.8 Å². The molecule has 0 aliphatic heterocycles. The van der Waals surface area contributed by atoms with E-state index in [2.05, 4.69) is 0 Å². The molecule has 0 aromatic heterocycles. The van der Waals surface area contributed by atoms with E-state index >= 15 is 0 Å². The second kappa shape index (κ2) is 4.96. The summed E-state index contributed by atoms with van der Waals surface area (Å²) in [5.74, 6) is 1.21. The highest BCUT2D eigenvalue weighted by Crippen LogP contribution is 2.34. The lowest BCUT2D eigenvalue weighted by Crippen LogP contribution is -1.99. The topological polar surface area (TPSA) is 44.5 Å². The van der Waals surface area contributed by atoms with Crippen LogP contribution in [0.15, 0.2) is 12.1 Å². The number of benzene rings is 1. The van der Waals surface area contributed by atoms with E-state index in [1.807, 2.05) is 13.8 Å². The van der Waals surface area contributed by atoms with E-state index in [0.29, 0.717) is 35.4 Å². The quantitative estimate of drug-likeness (QED) is 0.786. The van der Waals surface area contributed by atoms with E-state index < -0.39 is 0 Å². The van der Waals surface area contributed by atoms with Crippen LogP contribution in [-0.4, -0.2) is 13.2 Å². The smallest absolute Gasteiger partial charge is 0.145 e. The van der Waals surface area contributed by atoms with Gasteiger partial charge in [-0.25, -0.2) is 0 Å². The van der Waals surface area contributed by atoms with E-state index in [1.54, 1.807) is 12.1 Å². The number of halogens is 1. The lowest BCUT2D eigenvalue weighted by atomic mass is 10.3. The summed E-state index contributed by atoms with van der Waals surface area (Å²) in [5, 5.41) is 0.507. The molecule has 78 valence electrons. The maximum Gasteiger partial charge on any atom is 0.145 e. The molecule has 2 N–H and O–H groups in total. The zero-order chi connectivity index (χ0) is 10.6. The molecule has 3 nitrogen and oxygen atoms in total. The molecule has 1 aromatic carbocycles. The van der Waals surface area contributed by atoms with Crippen molar-refractivity contribution in [2.75, 3.05) is 18.9 Å². The van der Waals surface area contributed by atoms with Crippen LogP contribution in [0.4, 0.5) is 5.69 Å². The minimum atomic E-state index is 0.507. The number of anilines is 1. The molecule has 0 heterocycles. The Hall–Kier alpha value is -1.09. The molecule has 0 aliphatic carbocycles. The molecular formula is C10H14ClNO2. The molecule has 0 saturated carbocycles. The van der Waals surface area contributed by atoms with Gasteiger partial charge in [-0.1, -0.05) is 11.6 Å². The van der Waals surface area contributed by atoms with Crippen molar-refractivity contribution in [2.24, 2.45) is 0 Å². The van der Waals surface area contributed by atoms with E-state index in [-0.39, 0.29) is 0 Å². The molecular weight excluding hydrogens is 202 g/mol. The summed E-state index contributed by atoms with van der Waals surface area (Å²) in [6.45, 7) is 4.92. The molecule has 0 saturated heterocycles. The molecule has 14 heavy (non-hydrogen) atoms. The third kappa shape index (κ3) is 2.45. The van der Waals surface area contributed by atoms with Crippen molar-refractivity contribution in [3.05, 3.63) is 17.2 Å². The highest BCUT2D eigenvalue weighted by Gasteiger charge is 2.07. The summed E-state index contributed by atoms with van der Waals surface area (Å²) in [6.07, 6.45) is 0. The van der Waals surface area contributed by atoms with E-state index in [9.17, 15) is 0 Å². The van der Waals surface area contributed by atoms with Gasteiger partial charge >= 0.3 is 0 Å². The van der Waals surface area contributed by atoms with Crippen LogP contribution < -0.4 is 15.2 Å². The molecule has 0 spiro atoms. The van der Waals surface area contributed by atoms with Gasteiger partial charge in [0.25, 0.3) is 0 Å². The van der Waals surface area contributed by atoms with Gasteiger partial charge in [0.15, 0.2) is 0 Å². The summed E-state index contributed by atoms with van der Waals surface area (Å²) in [4.78, 5) is 0. The van der Waals surface area contributed by atoms with Crippen LogP contribution in [0.5, 0.6) is 11.5 Å². The Bertz CT molecular complexity index is 288. The summed E-state index contributed by atoms with van der Waals surface area (Å²) in [7, 11) is 0. The predicted octanol–water partition coefficient (Wildman–Crippen LogP) is 2.72. The Morgan fingerprint density at radius 2 is 1.71 bits per heavy atom. The Morgan fingerprint density at radius 3 is 2.29 bits per heavy atom. The lowest BCUT2D eigenvalue weighted by molar-refractivity contribution is 0.324. The van der Waals surface area contributed by atoms with Gasteiger partial charge in [-0.3, -0.25) is 0 Å². The fourth-order valence-corrected chi connectivity index (χ4v) is 1.32. The van der Waals surface area contributed by atoms with Crippen molar-refractivity contribution in [1.29, 1.82) is 0 Å². The first kappa shape index (κ1) is 11.0. The van der Waals surface area contributed by atoms with Crippen molar-refractivity contribution in [3.8, 4) is 11.5 Å². The van der Waals surface area contributed by atoms with Crippen molar-refractivity contribution < 1.29 is 9.47 Å². The van der Waals surface area contributed by atoms with E-state index in [0.717, 1.165) is 0 Å². The zero-order valence-corrected chi connectivity index (χ0v) is 9.10. The Kier molecular flexibility index (Phi) is 3.89. The van der Waals surface area contributed by atoms with Crippen LogP contribution in [0.3, 0.4) is 0 Å². The first-order chi connectivity index (χ1) is 6.69. The Labute approximate surface area is 88.8 Å². The first-order valence-electron chi connectivity index (χ1n) is 4.53. The standard InChI is InChI=1S/C10H14ClNO2/c1-3-13-9-6-10(14-4-2)8(12)5-7(9)11/h5-6H,3-4,12H2,1-2H3. The number of rotatable bonds is 4. The van der Waals surface area contributed by atoms with E-state index in [1.165, 1.54) is 0 Å². The molecule has 0 bridgehead atoms. The fourth-order valence-electron chi connectivity index (χ4n) is 1.10. The van der Waals surface area contributed by atoms with Gasteiger partial charge in [-0.15, -0.1) is 0 Å². The van der Waals surface area contributed by atoms with Gasteiger partial charge in [0.2, 0.25) is 0 Å². The number of nitrogen functional groups attached to an aromatic ring is 1. The van der Waals surface area contributed by atoms with Crippen LogP contribution in [0, 0.1) is 0 Å². The molecule has 0 atom stereocenters. The van der Waals surface area contributed by atoms with Gasteiger partial charge in [0.05, 0.1) is 23.9 Å². The van der Waals surface area contributed by atoms with Gasteiger partial charge in [-0.2, -0.15) is 0 Å². The Morgan fingerprint density at radius 1 is 1.14 bits per heavy atom. The summed E-state index contributed by atoms with van der Waals surface area (Å²) in [6, 6.07) is 3.35. The molecule has 0 radical (unpaired) electrons. The minimum absolute atomic E-state index is 0.507. The fraction of sp³-hybridized carbons (Fsp3) is 0.400.